The van der Waals surface area contributed by atoms with Gasteiger partial charge in [0.2, 0.25) is 0 Å². The molecule has 1 amide bonds. The van der Waals surface area contributed by atoms with Crippen molar-refractivity contribution in [2.24, 2.45) is 0 Å². The molecule has 134 valence electrons. The summed E-state index contributed by atoms with van der Waals surface area (Å²) in [5, 5.41) is 8.16. The fourth-order valence-corrected chi connectivity index (χ4v) is 3.00. The Morgan fingerprint density at radius 2 is 1.85 bits per heavy atom. The Kier molecular flexibility index (Phi) is 5.30. The molecule has 3 rings (SSSR count). The fourth-order valence-electron chi connectivity index (χ4n) is 2.65. The molecule has 4 nitrogen and oxygen atoms in total. The van der Waals surface area contributed by atoms with Gasteiger partial charge in [-0.3, -0.25) is 9.48 Å². The van der Waals surface area contributed by atoms with Crippen molar-refractivity contribution in [3.63, 3.8) is 0 Å². The second-order valence-corrected chi connectivity index (χ2v) is 6.71. The standard InChI is InChI=1S/C19H16Cl2FN3O/c1-11-18(23-19(26)13-6-8-14(20)9-7-13)12(2)25(24-11)10-15-16(21)4-3-5-17(15)22/h3-9H,10H2,1-2H3,(H,23,26). The molecule has 1 N–H and O–H groups in total. The van der Waals surface area contributed by atoms with E-state index in [9.17, 15) is 9.18 Å². The van der Waals surface area contributed by atoms with Crippen molar-refractivity contribution in [2.75, 3.05) is 5.32 Å². The van der Waals surface area contributed by atoms with E-state index in [0.29, 0.717) is 38.2 Å². The monoisotopic (exact) mass is 391 g/mol. The van der Waals surface area contributed by atoms with Gasteiger partial charge in [-0.2, -0.15) is 5.10 Å². The van der Waals surface area contributed by atoms with Gasteiger partial charge in [-0.25, -0.2) is 4.39 Å². The van der Waals surface area contributed by atoms with E-state index in [-0.39, 0.29) is 12.5 Å². The molecule has 2 aromatic carbocycles. The first-order valence-corrected chi connectivity index (χ1v) is 8.66. The normalized spacial score (nSPS) is 10.8. The summed E-state index contributed by atoms with van der Waals surface area (Å²) >= 11 is 11.9. The number of aromatic nitrogens is 2. The zero-order chi connectivity index (χ0) is 18.8. The highest BCUT2D eigenvalue weighted by Gasteiger charge is 2.17. The van der Waals surface area contributed by atoms with Gasteiger partial charge >= 0.3 is 0 Å². The van der Waals surface area contributed by atoms with Crippen molar-refractivity contribution in [3.8, 4) is 0 Å². The van der Waals surface area contributed by atoms with Crippen LogP contribution in [0.15, 0.2) is 42.5 Å². The first-order valence-electron chi connectivity index (χ1n) is 7.90. The molecule has 0 radical (unpaired) electrons. The molecule has 0 spiro atoms. The number of benzene rings is 2. The summed E-state index contributed by atoms with van der Waals surface area (Å²) < 4.78 is 15.7. The van der Waals surface area contributed by atoms with E-state index >= 15 is 0 Å². The Balaban J connectivity index is 1.86. The second kappa shape index (κ2) is 7.48. The van der Waals surface area contributed by atoms with Gasteiger partial charge in [0.1, 0.15) is 5.82 Å². The summed E-state index contributed by atoms with van der Waals surface area (Å²) in [6, 6.07) is 11.1. The van der Waals surface area contributed by atoms with Crippen LogP contribution in [0, 0.1) is 19.7 Å². The predicted octanol–water partition coefficient (Wildman–Crippen LogP) is 5.25. The van der Waals surface area contributed by atoms with Crippen molar-refractivity contribution in [1.29, 1.82) is 0 Å². The molecule has 7 heteroatoms. The van der Waals surface area contributed by atoms with Crippen molar-refractivity contribution < 1.29 is 9.18 Å². The van der Waals surface area contributed by atoms with Gasteiger partial charge < -0.3 is 5.32 Å². The molecule has 0 saturated carbocycles. The molecule has 0 aliphatic carbocycles. The summed E-state index contributed by atoms with van der Waals surface area (Å²) in [6.07, 6.45) is 0. The van der Waals surface area contributed by atoms with Gasteiger partial charge in [-0.1, -0.05) is 29.3 Å². The highest BCUT2D eigenvalue weighted by molar-refractivity contribution is 6.31. The quantitative estimate of drug-likeness (QED) is 0.660. The van der Waals surface area contributed by atoms with Crippen LogP contribution in [0.4, 0.5) is 10.1 Å². The minimum atomic E-state index is -0.392. The fraction of sp³-hybridized carbons (Fsp3) is 0.158. The maximum absolute atomic E-state index is 14.0. The lowest BCUT2D eigenvalue weighted by atomic mass is 10.2. The number of nitrogens with one attached hydrogen (secondary N) is 1. The van der Waals surface area contributed by atoms with E-state index in [1.54, 1.807) is 48.0 Å². The van der Waals surface area contributed by atoms with Crippen molar-refractivity contribution in [2.45, 2.75) is 20.4 Å². The zero-order valence-corrected chi connectivity index (χ0v) is 15.7. The lowest BCUT2D eigenvalue weighted by Gasteiger charge is -2.09. The van der Waals surface area contributed by atoms with Gasteiger partial charge in [-0.05, 0) is 50.2 Å². The highest BCUT2D eigenvalue weighted by Crippen LogP contribution is 2.25. The van der Waals surface area contributed by atoms with Crippen LogP contribution in [-0.4, -0.2) is 15.7 Å². The number of carbonyl (C=O) groups excluding carboxylic acids is 1. The number of hydrogen-bond acceptors (Lipinski definition) is 2. The predicted molar refractivity (Wildman–Crippen MR) is 102 cm³/mol. The smallest absolute Gasteiger partial charge is 0.255 e. The van der Waals surface area contributed by atoms with Crippen LogP contribution in [0.5, 0.6) is 0 Å². The number of rotatable bonds is 4. The molecule has 0 aliphatic rings. The van der Waals surface area contributed by atoms with E-state index in [2.05, 4.69) is 10.4 Å². The van der Waals surface area contributed by atoms with Gasteiger partial charge in [0, 0.05) is 21.2 Å². The topological polar surface area (TPSA) is 46.9 Å². The minimum absolute atomic E-state index is 0.176. The van der Waals surface area contributed by atoms with Crippen LogP contribution in [-0.2, 0) is 6.54 Å². The third-order valence-electron chi connectivity index (χ3n) is 4.10. The van der Waals surface area contributed by atoms with Gasteiger partial charge in [0.05, 0.1) is 23.6 Å². The number of anilines is 1. The van der Waals surface area contributed by atoms with Crippen molar-refractivity contribution >= 4 is 34.8 Å². The Morgan fingerprint density at radius 1 is 1.15 bits per heavy atom. The average molecular weight is 392 g/mol. The molecule has 0 bridgehead atoms. The third-order valence-corrected chi connectivity index (χ3v) is 4.70. The molecule has 3 aromatic rings. The van der Waals surface area contributed by atoms with E-state index in [4.69, 9.17) is 23.2 Å². The van der Waals surface area contributed by atoms with Crippen LogP contribution in [0.3, 0.4) is 0 Å². The molecule has 0 saturated heterocycles. The van der Waals surface area contributed by atoms with Crippen LogP contribution in [0.25, 0.3) is 0 Å². The SMILES string of the molecule is Cc1nn(Cc2c(F)cccc2Cl)c(C)c1NC(=O)c1ccc(Cl)cc1. The summed E-state index contributed by atoms with van der Waals surface area (Å²) in [7, 11) is 0. The lowest BCUT2D eigenvalue weighted by molar-refractivity contribution is 0.102. The van der Waals surface area contributed by atoms with Gasteiger partial charge in [0.25, 0.3) is 5.91 Å². The van der Waals surface area contributed by atoms with E-state index < -0.39 is 5.82 Å². The molecule has 0 fully saturated rings. The number of amides is 1. The van der Waals surface area contributed by atoms with Gasteiger partial charge in [-0.15, -0.1) is 0 Å². The molecule has 1 aromatic heterocycles. The summed E-state index contributed by atoms with van der Waals surface area (Å²) in [6.45, 7) is 3.77. The van der Waals surface area contributed by atoms with Crippen molar-refractivity contribution in [1.82, 2.24) is 9.78 Å². The molecule has 0 atom stereocenters. The largest absolute Gasteiger partial charge is 0.319 e. The van der Waals surface area contributed by atoms with E-state index in [0.717, 1.165) is 0 Å². The van der Waals surface area contributed by atoms with Gasteiger partial charge in [0.15, 0.2) is 0 Å². The van der Waals surface area contributed by atoms with Crippen LogP contribution >= 0.6 is 23.2 Å². The Morgan fingerprint density at radius 3 is 2.50 bits per heavy atom. The van der Waals surface area contributed by atoms with Crippen LogP contribution in [0.2, 0.25) is 10.0 Å². The molecule has 0 aliphatic heterocycles. The molecule has 1 heterocycles. The Bertz CT molecular complexity index is 947. The highest BCUT2D eigenvalue weighted by atomic mass is 35.5. The number of carbonyl (C=O) groups is 1. The third kappa shape index (κ3) is 3.74. The zero-order valence-electron chi connectivity index (χ0n) is 14.2. The summed E-state index contributed by atoms with van der Waals surface area (Å²) in [4.78, 5) is 12.4. The van der Waals surface area contributed by atoms with Crippen molar-refractivity contribution in [3.05, 3.63) is 80.8 Å². The van der Waals surface area contributed by atoms with E-state index in [1.807, 2.05) is 6.92 Å². The first-order chi connectivity index (χ1) is 12.4. The maximum atomic E-state index is 14.0. The number of nitrogens with zero attached hydrogens (tertiary/aromatic N) is 2. The Hall–Kier alpha value is -2.37. The number of aryl methyl sites for hydroxylation is 1. The molecule has 26 heavy (non-hydrogen) atoms. The lowest BCUT2D eigenvalue weighted by Crippen LogP contribution is -2.13. The number of halogens is 3. The number of hydrogen-bond donors (Lipinski definition) is 1. The van der Waals surface area contributed by atoms with Crippen LogP contribution < -0.4 is 5.32 Å². The maximum Gasteiger partial charge on any atom is 0.255 e. The molecular weight excluding hydrogens is 376 g/mol. The van der Waals surface area contributed by atoms with E-state index in [1.165, 1.54) is 6.07 Å². The second-order valence-electron chi connectivity index (χ2n) is 5.86. The average Bonchev–Trinajstić information content (AvgIpc) is 2.86. The summed E-state index contributed by atoms with van der Waals surface area (Å²) in [5.74, 6) is -0.659. The first kappa shape index (κ1) is 18.4. The summed E-state index contributed by atoms with van der Waals surface area (Å²) in [5.41, 5.74) is 2.78. The Labute approximate surface area is 160 Å². The molecule has 0 unspecified atom stereocenters. The molecular formula is C19H16Cl2FN3O. The van der Waals surface area contributed by atoms with Crippen LogP contribution in [0.1, 0.15) is 27.3 Å². The minimum Gasteiger partial charge on any atom is -0.319 e.